The fourth-order valence-corrected chi connectivity index (χ4v) is 4.17. The van der Waals surface area contributed by atoms with Crippen LogP contribution in [0.2, 0.25) is 0 Å². The van der Waals surface area contributed by atoms with Crippen molar-refractivity contribution < 1.29 is 24.3 Å². The van der Waals surface area contributed by atoms with Crippen LogP contribution < -0.4 is 10.2 Å². The first-order chi connectivity index (χ1) is 13.4. The zero-order valence-electron chi connectivity index (χ0n) is 14.4. The van der Waals surface area contributed by atoms with E-state index in [-0.39, 0.29) is 23.8 Å². The minimum atomic E-state index is -1.15. The van der Waals surface area contributed by atoms with E-state index >= 15 is 0 Å². The summed E-state index contributed by atoms with van der Waals surface area (Å²) in [4.78, 5) is 49.8. The van der Waals surface area contributed by atoms with Crippen LogP contribution in [0, 0.1) is 0 Å². The third-order valence-corrected chi connectivity index (χ3v) is 5.78. The molecular formula is C19H15BrN2O5S. The Labute approximate surface area is 173 Å². The van der Waals surface area contributed by atoms with Crippen LogP contribution in [-0.4, -0.2) is 40.6 Å². The van der Waals surface area contributed by atoms with Crippen molar-refractivity contribution in [3.8, 4) is 0 Å². The van der Waals surface area contributed by atoms with E-state index in [4.69, 9.17) is 5.11 Å². The number of amides is 3. The number of halogens is 1. The number of carboxylic acid groups (broad SMARTS) is 1. The van der Waals surface area contributed by atoms with Crippen LogP contribution in [0.4, 0.5) is 5.69 Å². The van der Waals surface area contributed by atoms with Gasteiger partial charge in [0.05, 0.1) is 16.5 Å². The first-order valence-corrected chi connectivity index (χ1v) is 9.92. The maximum absolute atomic E-state index is 12.8. The number of hydrogen-bond acceptors (Lipinski definition) is 5. The van der Waals surface area contributed by atoms with E-state index in [0.29, 0.717) is 10.6 Å². The summed E-state index contributed by atoms with van der Waals surface area (Å²) in [6.07, 6.45) is 0.0185. The molecule has 0 saturated carbocycles. The molecule has 0 aromatic heterocycles. The number of nitrogens with zero attached hydrogens (tertiary/aromatic N) is 1. The molecule has 144 valence electrons. The number of nitrogens with one attached hydrogen (secondary N) is 1. The first-order valence-electron chi connectivity index (χ1n) is 8.25. The molecule has 0 unspecified atom stereocenters. The normalized spacial score (nSPS) is 16.3. The third-order valence-electron chi connectivity index (χ3n) is 3.99. The Morgan fingerprint density at radius 1 is 1.14 bits per heavy atom. The maximum Gasteiger partial charge on any atom is 0.322 e. The van der Waals surface area contributed by atoms with Gasteiger partial charge in [-0.15, -0.1) is 11.8 Å². The second-order valence-electron chi connectivity index (χ2n) is 5.93. The number of carbonyl (C=O) groups excluding carboxylic acids is 3. The van der Waals surface area contributed by atoms with Crippen molar-refractivity contribution in [2.24, 2.45) is 0 Å². The van der Waals surface area contributed by atoms with E-state index < -0.39 is 23.7 Å². The van der Waals surface area contributed by atoms with Gasteiger partial charge in [-0.1, -0.05) is 28.1 Å². The van der Waals surface area contributed by atoms with Gasteiger partial charge < -0.3 is 10.4 Å². The van der Waals surface area contributed by atoms with Gasteiger partial charge in [0, 0.05) is 15.8 Å². The maximum atomic E-state index is 12.8. The Kier molecular flexibility index (Phi) is 6.15. The molecule has 1 saturated heterocycles. The molecule has 2 aromatic rings. The molecule has 28 heavy (non-hydrogen) atoms. The molecule has 2 aromatic carbocycles. The van der Waals surface area contributed by atoms with Gasteiger partial charge >= 0.3 is 5.97 Å². The third kappa shape index (κ3) is 4.42. The number of hydrogen-bond donors (Lipinski definition) is 2. The molecule has 3 rings (SSSR count). The average Bonchev–Trinajstić information content (AvgIpc) is 2.94. The van der Waals surface area contributed by atoms with Crippen molar-refractivity contribution in [1.82, 2.24) is 5.32 Å². The van der Waals surface area contributed by atoms with Crippen LogP contribution in [0.25, 0.3) is 0 Å². The Hall–Kier alpha value is -2.65. The molecule has 7 nitrogen and oxygen atoms in total. The van der Waals surface area contributed by atoms with Crippen molar-refractivity contribution in [1.29, 1.82) is 0 Å². The molecule has 1 aliphatic rings. The van der Waals surface area contributed by atoms with E-state index in [0.717, 1.165) is 21.1 Å². The monoisotopic (exact) mass is 462 g/mol. The van der Waals surface area contributed by atoms with E-state index in [9.17, 15) is 19.2 Å². The number of benzene rings is 2. The standard InChI is InChI=1S/C19H15BrN2O5S/c20-11-5-7-12(8-6-11)22-16(23)9-15(19(22)27)28-14-4-2-1-3-13(14)18(26)21-10-17(24)25/h1-8,15H,9-10H2,(H,21,26)(H,24,25)/t15-/m1/s1. The highest BCUT2D eigenvalue weighted by Crippen LogP contribution is 2.35. The second-order valence-corrected chi connectivity index (χ2v) is 8.09. The number of rotatable bonds is 6. The van der Waals surface area contributed by atoms with Crippen molar-refractivity contribution in [2.45, 2.75) is 16.6 Å². The van der Waals surface area contributed by atoms with E-state index in [1.165, 1.54) is 0 Å². The summed E-state index contributed by atoms with van der Waals surface area (Å²) in [5.41, 5.74) is 0.755. The predicted molar refractivity (Wildman–Crippen MR) is 107 cm³/mol. The minimum Gasteiger partial charge on any atom is -0.480 e. The van der Waals surface area contributed by atoms with Gasteiger partial charge in [0.1, 0.15) is 6.54 Å². The molecule has 0 bridgehead atoms. The van der Waals surface area contributed by atoms with Gasteiger partial charge in [-0.2, -0.15) is 0 Å². The van der Waals surface area contributed by atoms with Crippen LogP contribution >= 0.6 is 27.7 Å². The second kappa shape index (κ2) is 8.57. The van der Waals surface area contributed by atoms with E-state index in [2.05, 4.69) is 21.2 Å². The molecule has 1 heterocycles. The smallest absolute Gasteiger partial charge is 0.322 e. The fourth-order valence-electron chi connectivity index (χ4n) is 2.72. The SMILES string of the molecule is O=C(O)CNC(=O)c1ccccc1S[C@@H]1CC(=O)N(c2ccc(Br)cc2)C1=O. The van der Waals surface area contributed by atoms with Crippen LogP contribution in [0.15, 0.2) is 57.9 Å². The summed E-state index contributed by atoms with van der Waals surface area (Å²) in [6, 6.07) is 13.4. The Balaban J connectivity index is 1.78. The molecule has 1 aliphatic heterocycles. The molecule has 0 aliphatic carbocycles. The van der Waals surface area contributed by atoms with Crippen LogP contribution in [-0.2, 0) is 14.4 Å². The van der Waals surface area contributed by atoms with Crippen molar-refractivity contribution in [3.05, 3.63) is 58.6 Å². The molecule has 0 radical (unpaired) electrons. The molecule has 2 N–H and O–H groups in total. The summed E-state index contributed by atoms with van der Waals surface area (Å²) in [6.45, 7) is -0.504. The molecule has 0 spiro atoms. The lowest BCUT2D eigenvalue weighted by atomic mass is 10.2. The molecular weight excluding hydrogens is 448 g/mol. The fraction of sp³-hybridized carbons (Fsp3) is 0.158. The number of aliphatic carboxylic acids is 1. The van der Waals surface area contributed by atoms with E-state index in [1.54, 1.807) is 48.5 Å². The van der Waals surface area contributed by atoms with Crippen molar-refractivity contribution in [3.63, 3.8) is 0 Å². The van der Waals surface area contributed by atoms with Crippen LogP contribution in [0.1, 0.15) is 16.8 Å². The highest BCUT2D eigenvalue weighted by molar-refractivity contribution is 9.10. The lowest BCUT2D eigenvalue weighted by molar-refractivity contribution is -0.135. The first kappa shape index (κ1) is 20.1. The quantitative estimate of drug-likeness (QED) is 0.639. The lowest BCUT2D eigenvalue weighted by Crippen LogP contribution is -2.31. The Morgan fingerprint density at radius 3 is 2.50 bits per heavy atom. The summed E-state index contributed by atoms with van der Waals surface area (Å²) in [5.74, 6) is -2.36. The predicted octanol–water partition coefficient (Wildman–Crippen LogP) is 2.69. The van der Waals surface area contributed by atoms with Crippen molar-refractivity contribution in [2.75, 3.05) is 11.4 Å². The Morgan fingerprint density at radius 2 is 1.82 bits per heavy atom. The van der Waals surface area contributed by atoms with Crippen LogP contribution in [0.3, 0.4) is 0 Å². The number of carboxylic acids is 1. The van der Waals surface area contributed by atoms with Crippen LogP contribution in [0.5, 0.6) is 0 Å². The lowest BCUT2D eigenvalue weighted by Gasteiger charge is -2.15. The van der Waals surface area contributed by atoms with Gasteiger partial charge in [-0.3, -0.25) is 19.2 Å². The topological polar surface area (TPSA) is 104 Å². The van der Waals surface area contributed by atoms with Gasteiger partial charge in [0.15, 0.2) is 0 Å². The molecule has 1 atom stereocenters. The Bertz CT molecular complexity index is 948. The van der Waals surface area contributed by atoms with Gasteiger partial charge in [-0.25, -0.2) is 4.90 Å². The zero-order chi connectivity index (χ0) is 20.3. The number of thioether (sulfide) groups is 1. The molecule has 1 fully saturated rings. The highest BCUT2D eigenvalue weighted by Gasteiger charge is 2.40. The van der Waals surface area contributed by atoms with Crippen molar-refractivity contribution >= 4 is 57.1 Å². The minimum absolute atomic E-state index is 0.0185. The highest BCUT2D eigenvalue weighted by atomic mass is 79.9. The summed E-state index contributed by atoms with van der Waals surface area (Å²) >= 11 is 4.44. The molecule has 9 heteroatoms. The largest absolute Gasteiger partial charge is 0.480 e. The summed E-state index contributed by atoms with van der Waals surface area (Å²) < 4.78 is 0.836. The number of anilines is 1. The summed E-state index contributed by atoms with van der Waals surface area (Å²) in [7, 11) is 0. The number of imide groups is 1. The zero-order valence-corrected chi connectivity index (χ0v) is 16.8. The molecule has 3 amide bonds. The van der Waals surface area contributed by atoms with Gasteiger partial charge in [0.2, 0.25) is 11.8 Å². The van der Waals surface area contributed by atoms with Gasteiger partial charge in [0.25, 0.3) is 5.91 Å². The number of carbonyl (C=O) groups is 4. The van der Waals surface area contributed by atoms with Gasteiger partial charge in [-0.05, 0) is 36.4 Å². The van der Waals surface area contributed by atoms with E-state index in [1.807, 2.05) is 0 Å². The average molecular weight is 463 g/mol. The summed E-state index contributed by atoms with van der Waals surface area (Å²) in [5, 5.41) is 10.4.